The Morgan fingerprint density at radius 3 is 2.90 bits per heavy atom. The third kappa shape index (κ3) is 3.54. The summed E-state index contributed by atoms with van der Waals surface area (Å²) in [6.07, 6.45) is 0. The predicted octanol–water partition coefficient (Wildman–Crippen LogP) is 3.01. The van der Waals surface area contributed by atoms with E-state index >= 15 is 0 Å². The Morgan fingerprint density at radius 2 is 2.14 bits per heavy atom. The summed E-state index contributed by atoms with van der Waals surface area (Å²) < 4.78 is 35.2. The van der Waals surface area contributed by atoms with Crippen LogP contribution < -0.4 is 10.5 Å². The van der Waals surface area contributed by atoms with E-state index < -0.39 is 15.8 Å². The number of anilines is 1. The highest BCUT2D eigenvalue weighted by atomic mass is 79.9. The Labute approximate surface area is 177 Å². The number of fused-ring (bicyclic) bond motifs is 1. The van der Waals surface area contributed by atoms with Crippen molar-refractivity contribution in [2.45, 2.75) is 18.4 Å². The number of aryl methyl sites for hydroxylation is 1. The molecular weight excluding hydrogens is 488 g/mol. The van der Waals surface area contributed by atoms with Crippen LogP contribution in [0, 0.1) is 0 Å². The Hall–Kier alpha value is -2.70. The van der Waals surface area contributed by atoms with Gasteiger partial charge in [-0.05, 0) is 51.5 Å². The van der Waals surface area contributed by atoms with Crippen molar-refractivity contribution in [2.75, 3.05) is 4.72 Å². The quantitative estimate of drug-likeness (QED) is 0.431. The zero-order valence-electron chi connectivity index (χ0n) is 14.7. The first-order valence-electron chi connectivity index (χ1n) is 8.20. The van der Waals surface area contributed by atoms with Gasteiger partial charge in [0.2, 0.25) is 0 Å². The van der Waals surface area contributed by atoms with Gasteiger partial charge in [0.25, 0.3) is 10.0 Å². The number of nitrogens with one attached hydrogen (secondary N) is 2. The smallest absolute Gasteiger partial charge is 0.406 e. The summed E-state index contributed by atoms with van der Waals surface area (Å²) in [4.78, 5) is 13.6. The largest absolute Gasteiger partial charge is 0.417 e. The number of hydrogen-bond acceptors (Lipinski definition) is 7. The minimum atomic E-state index is -4.12. The van der Waals surface area contributed by atoms with Crippen LogP contribution in [-0.2, 0) is 16.6 Å². The molecule has 13 heteroatoms. The van der Waals surface area contributed by atoms with Gasteiger partial charge in [-0.2, -0.15) is 0 Å². The van der Waals surface area contributed by atoms with Crippen LogP contribution in [0.15, 0.2) is 48.9 Å². The van der Waals surface area contributed by atoms with E-state index in [1.807, 2.05) is 6.92 Å². The highest BCUT2D eigenvalue weighted by Crippen LogP contribution is 2.36. The standard InChI is InChI=1S/C16H12BrClN6O4S/c1-2-24-15(20-22-23-24)8-4-3-5-9(6-8)21-29(26,27)14-10(17)7-11-13(12(14)18)28-16(25)19-11/h3-7,21H,2H2,1H3,(H,19,25). The van der Waals surface area contributed by atoms with Gasteiger partial charge in [0, 0.05) is 22.3 Å². The number of nitrogens with zero attached hydrogens (tertiary/aromatic N) is 4. The van der Waals surface area contributed by atoms with Gasteiger partial charge >= 0.3 is 5.76 Å². The van der Waals surface area contributed by atoms with Crippen LogP contribution in [0.3, 0.4) is 0 Å². The third-order valence-electron chi connectivity index (χ3n) is 4.04. The van der Waals surface area contributed by atoms with Crippen LogP contribution in [0.5, 0.6) is 0 Å². The molecule has 0 radical (unpaired) electrons. The zero-order valence-corrected chi connectivity index (χ0v) is 17.8. The first-order valence-corrected chi connectivity index (χ1v) is 10.9. The van der Waals surface area contributed by atoms with E-state index in [1.165, 1.54) is 6.07 Å². The second-order valence-electron chi connectivity index (χ2n) is 5.90. The third-order valence-corrected chi connectivity index (χ3v) is 6.86. The number of sulfonamides is 1. The Bertz CT molecular complexity index is 1390. The summed E-state index contributed by atoms with van der Waals surface area (Å²) in [5.41, 5.74) is 1.15. The first-order chi connectivity index (χ1) is 13.8. The molecule has 29 heavy (non-hydrogen) atoms. The van der Waals surface area contributed by atoms with Crippen molar-refractivity contribution in [3.63, 3.8) is 0 Å². The number of hydrogen-bond donors (Lipinski definition) is 2. The van der Waals surface area contributed by atoms with Gasteiger partial charge in [-0.15, -0.1) is 5.10 Å². The summed E-state index contributed by atoms with van der Waals surface area (Å²) in [7, 11) is -4.12. The van der Waals surface area contributed by atoms with E-state index in [1.54, 1.807) is 28.9 Å². The predicted molar refractivity (Wildman–Crippen MR) is 109 cm³/mol. The molecule has 0 saturated heterocycles. The van der Waals surface area contributed by atoms with Gasteiger partial charge in [0.1, 0.15) is 9.92 Å². The second kappa shape index (κ2) is 7.28. The number of H-pyrrole nitrogens is 1. The lowest BCUT2D eigenvalue weighted by Crippen LogP contribution is -2.14. The summed E-state index contributed by atoms with van der Waals surface area (Å²) in [6, 6.07) is 8.03. The fraction of sp³-hybridized carbons (Fsp3) is 0.125. The van der Waals surface area contributed by atoms with E-state index in [2.05, 4.69) is 41.2 Å². The molecular formula is C16H12BrClN6O4S. The highest BCUT2D eigenvalue weighted by Gasteiger charge is 2.26. The summed E-state index contributed by atoms with van der Waals surface area (Å²) >= 11 is 9.43. The number of rotatable bonds is 5. The number of oxazole rings is 1. The van der Waals surface area contributed by atoms with Crippen molar-refractivity contribution >= 4 is 54.3 Å². The van der Waals surface area contributed by atoms with Crippen molar-refractivity contribution in [1.29, 1.82) is 0 Å². The molecule has 10 nitrogen and oxygen atoms in total. The monoisotopic (exact) mass is 498 g/mol. The summed E-state index contributed by atoms with van der Waals surface area (Å²) in [5.74, 6) is -0.235. The lowest BCUT2D eigenvalue weighted by molar-refractivity contribution is 0.554. The van der Waals surface area contributed by atoms with Crippen LogP contribution in [0.25, 0.3) is 22.5 Å². The molecule has 0 atom stereocenters. The molecule has 2 aromatic heterocycles. The van der Waals surface area contributed by atoms with Crippen LogP contribution in [0.2, 0.25) is 5.02 Å². The van der Waals surface area contributed by atoms with Crippen molar-refractivity contribution < 1.29 is 12.8 Å². The van der Waals surface area contributed by atoms with Crippen molar-refractivity contribution in [3.05, 3.63) is 50.4 Å². The van der Waals surface area contributed by atoms with Gasteiger partial charge in [-0.1, -0.05) is 23.7 Å². The van der Waals surface area contributed by atoms with Crippen LogP contribution in [-0.4, -0.2) is 33.6 Å². The van der Waals surface area contributed by atoms with Crippen molar-refractivity contribution in [1.82, 2.24) is 25.2 Å². The highest BCUT2D eigenvalue weighted by molar-refractivity contribution is 9.10. The maximum absolute atomic E-state index is 13.0. The van der Waals surface area contributed by atoms with Gasteiger partial charge in [-0.25, -0.2) is 17.9 Å². The summed E-state index contributed by atoms with van der Waals surface area (Å²) in [6.45, 7) is 2.45. The Kier molecular flexibility index (Phi) is 4.92. The molecule has 0 aliphatic carbocycles. The van der Waals surface area contributed by atoms with Crippen molar-refractivity contribution in [2.24, 2.45) is 0 Å². The second-order valence-corrected chi connectivity index (χ2v) is 8.75. The van der Waals surface area contributed by atoms with Gasteiger partial charge in [-0.3, -0.25) is 9.71 Å². The molecule has 2 heterocycles. The number of tetrazole rings is 1. The topological polar surface area (TPSA) is 136 Å². The molecule has 0 spiro atoms. The van der Waals surface area contributed by atoms with E-state index in [0.717, 1.165) is 0 Å². The lowest BCUT2D eigenvalue weighted by Gasteiger charge is -2.12. The molecule has 4 rings (SSSR count). The molecule has 2 aromatic carbocycles. The molecule has 0 amide bonds. The maximum Gasteiger partial charge on any atom is 0.417 e. The molecule has 0 aliphatic rings. The van der Waals surface area contributed by atoms with Gasteiger partial charge in [0.05, 0.1) is 5.52 Å². The average Bonchev–Trinajstić information content (AvgIpc) is 3.27. The van der Waals surface area contributed by atoms with Gasteiger partial charge in [0.15, 0.2) is 11.4 Å². The molecule has 2 N–H and O–H groups in total. The molecule has 0 saturated carbocycles. The number of aromatic nitrogens is 5. The first kappa shape index (κ1) is 19.6. The van der Waals surface area contributed by atoms with Crippen LogP contribution >= 0.6 is 27.5 Å². The van der Waals surface area contributed by atoms with Crippen LogP contribution in [0.4, 0.5) is 5.69 Å². The maximum atomic E-state index is 13.0. The Morgan fingerprint density at radius 1 is 1.34 bits per heavy atom. The molecule has 4 aromatic rings. The normalized spacial score (nSPS) is 11.8. The summed E-state index contributed by atoms with van der Waals surface area (Å²) in [5, 5.41) is 11.3. The minimum absolute atomic E-state index is 0.0453. The molecule has 150 valence electrons. The van der Waals surface area contributed by atoms with Crippen molar-refractivity contribution in [3.8, 4) is 11.4 Å². The molecule has 0 fully saturated rings. The zero-order chi connectivity index (χ0) is 20.8. The average molecular weight is 500 g/mol. The SMILES string of the molecule is CCn1nnnc1-c1cccc(NS(=O)(=O)c2c(Br)cc3[nH]c(=O)oc3c2Cl)c1. The number of halogens is 2. The van der Waals surface area contributed by atoms with E-state index in [0.29, 0.717) is 17.9 Å². The lowest BCUT2D eigenvalue weighted by atomic mass is 10.2. The number of aromatic amines is 1. The van der Waals surface area contributed by atoms with Crippen LogP contribution in [0.1, 0.15) is 6.92 Å². The molecule has 0 aliphatic heterocycles. The minimum Gasteiger partial charge on any atom is -0.406 e. The van der Waals surface area contributed by atoms with E-state index in [9.17, 15) is 13.2 Å². The van der Waals surface area contributed by atoms with Gasteiger partial charge < -0.3 is 4.42 Å². The fourth-order valence-electron chi connectivity index (χ4n) is 2.80. The molecule has 0 bridgehead atoms. The molecule has 0 unspecified atom stereocenters. The Balaban J connectivity index is 1.76. The van der Waals surface area contributed by atoms with E-state index in [-0.39, 0.29) is 31.2 Å². The fourth-order valence-corrected chi connectivity index (χ4v) is 5.71. The van der Waals surface area contributed by atoms with E-state index in [4.69, 9.17) is 16.0 Å². The number of benzene rings is 2.